The van der Waals surface area contributed by atoms with E-state index in [0.29, 0.717) is 15.7 Å². The van der Waals surface area contributed by atoms with Crippen molar-refractivity contribution >= 4 is 17.4 Å². The van der Waals surface area contributed by atoms with Gasteiger partial charge in [-0.1, -0.05) is 12.8 Å². The highest BCUT2D eigenvalue weighted by Crippen LogP contribution is 2.39. The number of rotatable bonds is 3. The van der Waals surface area contributed by atoms with Crippen molar-refractivity contribution in [3.63, 3.8) is 0 Å². The Bertz CT molecular complexity index is 476. The second-order valence-electron chi connectivity index (χ2n) is 4.08. The Kier molecular flexibility index (Phi) is 3.64. The molecule has 1 aliphatic carbocycles. The monoisotopic (exact) mass is 248 g/mol. The fourth-order valence-electron chi connectivity index (χ4n) is 2.01. The van der Waals surface area contributed by atoms with Crippen LogP contribution in [-0.2, 0) is 0 Å². The third kappa shape index (κ3) is 2.77. The van der Waals surface area contributed by atoms with Crippen molar-refractivity contribution in [2.45, 2.75) is 35.8 Å². The summed E-state index contributed by atoms with van der Waals surface area (Å²) in [6.07, 6.45) is 4.62. The molecule has 0 saturated heterocycles. The van der Waals surface area contributed by atoms with Gasteiger partial charge in [-0.15, -0.1) is 11.8 Å². The van der Waals surface area contributed by atoms with Gasteiger partial charge in [0.1, 0.15) is 0 Å². The number of nitrogens with zero attached hydrogens (tertiary/aromatic N) is 2. The third-order valence-corrected chi connectivity index (χ3v) is 4.27. The van der Waals surface area contributed by atoms with Gasteiger partial charge in [0.05, 0.1) is 21.5 Å². The van der Waals surface area contributed by atoms with E-state index in [1.807, 2.05) is 6.07 Å². The highest BCUT2D eigenvalue weighted by atomic mass is 32.2. The molecule has 0 aromatic heterocycles. The van der Waals surface area contributed by atoms with Gasteiger partial charge < -0.3 is 0 Å². The lowest BCUT2D eigenvalue weighted by Crippen LogP contribution is -1.97. The van der Waals surface area contributed by atoms with Crippen LogP contribution in [0.1, 0.15) is 31.2 Å². The van der Waals surface area contributed by atoms with E-state index in [9.17, 15) is 10.1 Å². The van der Waals surface area contributed by atoms with E-state index in [0.717, 1.165) is 12.8 Å². The molecule has 5 heteroatoms. The average Bonchev–Trinajstić information content (AvgIpc) is 2.81. The van der Waals surface area contributed by atoms with Gasteiger partial charge in [0.2, 0.25) is 0 Å². The lowest BCUT2D eigenvalue weighted by Gasteiger charge is -2.08. The lowest BCUT2D eigenvalue weighted by atomic mass is 10.2. The van der Waals surface area contributed by atoms with Crippen molar-refractivity contribution in [1.82, 2.24) is 0 Å². The molecule has 0 bridgehead atoms. The van der Waals surface area contributed by atoms with Crippen molar-refractivity contribution in [3.05, 3.63) is 33.9 Å². The minimum absolute atomic E-state index is 0.112. The van der Waals surface area contributed by atoms with Crippen molar-refractivity contribution < 1.29 is 4.92 Å². The normalized spacial score (nSPS) is 15.7. The molecule has 0 radical (unpaired) electrons. The quantitative estimate of drug-likeness (QED) is 0.606. The molecule has 0 heterocycles. The first-order valence-corrected chi connectivity index (χ1v) is 6.44. The largest absolute Gasteiger partial charge is 0.282 e. The minimum atomic E-state index is -0.377. The maximum atomic E-state index is 10.9. The zero-order valence-electron chi connectivity index (χ0n) is 9.26. The van der Waals surface area contributed by atoms with Gasteiger partial charge in [-0.25, -0.2) is 0 Å². The Balaban J connectivity index is 2.28. The van der Waals surface area contributed by atoms with Crippen LogP contribution < -0.4 is 0 Å². The van der Waals surface area contributed by atoms with Crippen LogP contribution in [0, 0.1) is 21.4 Å². The fourth-order valence-corrected chi connectivity index (χ4v) is 3.40. The fraction of sp³-hybridized carbons (Fsp3) is 0.417. The van der Waals surface area contributed by atoms with Crippen LogP contribution >= 0.6 is 11.8 Å². The zero-order valence-corrected chi connectivity index (χ0v) is 10.1. The van der Waals surface area contributed by atoms with E-state index in [1.54, 1.807) is 17.8 Å². The van der Waals surface area contributed by atoms with Gasteiger partial charge in [0.25, 0.3) is 5.69 Å². The molecule has 0 amide bonds. The number of nitro benzene ring substituents is 1. The van der Waals surface area contributed by atoms with E-state index in [2.05, 4.69) is 0 Å². The predicted molar refractivity (Wildman–Crippen MR) is 65.9 cm³/mol. The molecule has 0 N–H and O–H groups in total. The summed E-state index contributed by atoms with van der Waals surface area (Å²) in [6, 6.07) is 6.57. The molecule has 1 aromatic rings. The summed E-state index contributed by atoms with van der Waals surface area (Å²) in [5, 5.41) is 20.2. The van der Waals surface area contributed by atoms with Crippen LogP contribution in [0.3, 0.4) is 0 Å². The van der Waals surface area contributed by atoms with Crippen LogP contribution in [0.15, 0.2) is 23.1 Å². The third-order valence-electron chi connectivity index (χ3n) is 2.88. The number of thioether (sulfide) groups is 1. The van der Waals surface area contributed by atoms with Gasteiger partial charge >= 0.3 is 0 Å². The summed E-state index contributed by atoms with van der Waals surface area (Å²) in [5.74, 6) is 0. The van der Waals surface area contributed by atoms with Crippen LogP contribution in [0.2, 0.25) is 0 Å². The van der Waals surface area contributed by atoms with E-state index in [1.165, 1.54) is 25.0 Å². The van der Waals surface area contributed by atoms with Crippen molar-refractivity contribution in [2.24, 2.45) is 0 Å². The van der Waals surface area contributed by atoms with Crippen LogP contribution in [-0.4, -0.2) is 10.2 Å². The molecule has 0 unspecified atom stereocenters. The predicted octanol–water partition coefficient (Wildman–Crippen LogP) is 3.50. The molecule has 17 heavy (non-hydrogen) atoms. The summed E-state index contributed by atoms with van der Waals surface area (Å²) in [6.45, 7) is 0. The number of hydrogen-bond donors (Lipinski definition) is 0. The Labute approximate surface area is 104 Å². The number of nitriles is 1. The topological polar surface area (TPSA) is 66.9 Å². The summed E-state index contributed by atoms with van der Waals surface area (Å²) in [7, 11) is 0. The summed E-state index contributed by atoms with van der Waals surface area (Å²) >= 11 is 1.54. The molecule has 0 aliphatic heterocycles. The van der Waals surface area contributed by atoms with Crippen LogP contribution in [0.5, 0.6) is 0 Å². The molecule has 2 rings (SSSR count). The van der Waals surface area contributed by atoms with E-state index >= 15 is 0 Å². The molecule has 1 aromatic carbocycles. The Morgan fingerprint density at radius 1 is 1.41 bits per heavy atom. The van der Waals surface area contributed by atoms with Crippen molar-refractivity contribution in [3.8, 4) is 6.07 Å². The number of benzene rings is 1. The van der Waals surface area contributed by atoms with E-state index < -0.39 is 0 Å². The number of hydrogen-bond acceptors (Lipinski definition) is 4. The average molecular weight is 248 g/mol. The smallest absolute Gasteiger partial charge is 0.258 e. The zero-order chi connectivity index (χ0) is 12.3. The molecule has 0 atom stereocenters. The highest BCUT2D eigenvalue weighted by molar-refractivity contribution is 8.00. The first kappa shape index (κ1) is 11.9. The Morgan fingerprint density at radius 2 is 2.12 bits per heavy atom. The standard InChI is InChI=1S/C12H12N2O2S/c13-8-9-5-6-11(14(15)16)12(7-9)17-10-3-1-2-4-10/h5-7,10H,1-4H2. The molecule has 88 valence electrons. The maximum absolute atomic E-state index is 10.9. The van der Waals surface area contributed by atoms with Crippen molar-refractivity contribution in [1.29, 1.82) is 5.26 Å². The molecule has 4 nitrogen and oxygen atoms in total. The van der Waals surface area contributed by atoms with Gasteiger partial charge in [0.15, 0.2) is 0 Å². The summed E-state index contributed by atoms with van der Waals surface area (Å²) < 4.78 is 0. The van der Waals surface area contributed by atoms with Gasteiger partial charge in [-0.2, -0.15) is 5.26 Å². The SMILES string of the molecule is N#Cc1ccc([N+](=O)[O-])c(SC2CCCC2)c1. The van der Waals surface area contributed by atoms with E-state index in [-0.39, 0.29) is 10.6 Å². The summed E-state index contributed by atoms with van der Waals surface area (Å²) in [5.41, 5.74) is 0.594. The molecular weight excluding hydrogens is 236 g/mol. The van der Waals surface area contributed by atoms with Crippen LogP contribution in [0.25, 0.3) is 0 Å². The first-order valence-electron chi connectivity index (χ1n) is 5.56. The second kappa shape index (κ2) is 5.19. The molecular formula is C12H12N2O2S. The Hall–Kier alpha value is -1.54. The van der Waals surface area contributed by atoms with Gasteiger partial charge in [0, 0.05) is 11.3 Å². The van der Waals surface area contributed by atoms with Crippen molar-refractivity contribution in [2.75, 3.05) is 0 Å². The molecule has 1 aliphatic rings. The molecule has 0 spiro atoms. The van der Waals surface area contributed by atoms with Gasteiger partial charge in [-0.05, 0) is 25.0 Å². The van der Waals surface area contributed by atoms with E-state index in [4.69, 9.17) is 5.26 Å². The van der Waals surface area contributed by atoms with Gasteiger partial charge in [-0.3, -0.25) is 10.1 Å². The minimum Gasteiger partial charge on any atom is -0.258 e. The maximum Gasteiger partial charge on any atom is 0.282 e. The molecule has 1 saturated carbocycles. The van der Waals surface area contributed by atoms with Crippen LogP contribution in [0.4, 0.5) is 5.69 Å². The second-order valence-corrected chi connectivity index (χ2v) is 5.42. The summed E-state index contributed by atoms with van der Waals surface area (Å²) in [4.78, 5) is 11.2. The lowest BCUT2D eigenvalue weighted by molar-refractivity contribution is -0.387. The number of nitro groups is 1. The molecule has 1 fully saturated rings. The highest BCUT2D eigenvalue weighted by Gasteiger charge is 2.21. The first-order chi connectivity index (χ1) is 8.20. The Morgan fingerprint density at radius 3 is 2.71 bits per heavy atom.